The molecule has 0 aliphatic rings. The smallest absolute Gasteiger partial charge is 0.144 e. The van der Waals surface area contributed by atoms with Crippen molar-refractivity contribution < 1.29 is 8.92 Å². The van der Waals surface area contributed by atoms with Gasteiger partial charge in [-0.05, 0) is 36.4 Å². The van der Waals surface area contributed by atoms with Crippen LogP contribution in [0.1, 0.15) is 0 Å². The molecule has 0 amide bonds. The molecule has 6 heteroatoms. The molecule has 112 valence electrons. The van der Waals surface area contributed by atoms with Gasteiger partial charge in [0.05, 0.1) is 31.3 Å². The molecule has 2 aromatic carbocycles. The van der Waals surface area contributed by atoms with E-state index in [9.17, 15) is 0 Å². The van der Waals surface area contributed by atoms with Gasteiger partial charge < -0.3 is 25.1 Å². The monoisotopic (exact) mass is 305 g/mol. The zero-order valence-electron chi connectivity index (χ0n) is 12.3. The zero-order valence-corrected chi connectivity index (χ0v) is 13.1. The fourth-order valence-electron chi connectivity index (χ4n) is 1.81. The number of methoxy groups -OCH3 is 1. The van der Waals surface area contributed by atoms with Crippen molar-refractivity contribution in [1.82, 2.24) is 0 Å². The molecule has 0 unspecified atom stereocenters. The number of hydrogen-bond donors (Lipinski definition) is 3. The average Bonchev–Trinajstić information content (AvgIpc) is 2.54. The van der Waals surface area contributed by atoms with Crippen molar-refractivity contribution in [3.8, 4) is 5.75 Å². The fourth-order valence-corrected chi connectivity index (χ4v) is 2.25. The highest BCUT2D eigenvalue weighted by atomic mass is 32.2. The number of rotatable bonds is 7. The van der Waals surface area contributed by atoms with Crippen molar-refractivity contribution in [2.45, 2.75) is 4.90 Å². The molecule has 0 radical (unpaired) electrons. The highest BCUT2D eigenvalue weighted by Gasteiger charge is 2.02. The molecule has 0 aliphatic carbocycles. The van der Waals surface area contributed by atoms with Crippen molar-refractivity contribution in [2.75, 3.05) is 37.4 Å². The summed E-state index contributed by atoms with van der Waals surface area (Å²) >= 11 is 1.34. The first-order chi connectivity index (χ1) is 10.3. The first kappa shape index (κ1) is 15.3. The maximum Gasteiger partial charge on any atom is 0.144 e. The Balaban J connectivity index is 1.99. The Morgan fingerprint density at radius 3 is 2.19 bits per heavy atom. The van der Waals surface area contributed by atoms with Crippen molar-refractivity contribution >= 4 is 29.1 Å². The number of ether oxygens (including phenoxy) is 1. The van der Waals surface area contributed by atoms with E-state index in [1.54, 1.807) is 14.2 Å². The molecular formula is C15H19N3O2S. The van der Waals surface area contributed by atoms with Gasteiger partial charge in [0, 0.05) is 30.1 Å². The van der Waals surface area contributed by atoms with E-state index in [1.165, 1.54) is 12.0 Å². The van der Waals surface area contributed by atoms with Crippen LogP contribution in [0.2, 0.25) is 0 Å². The zero-order chi connectivity index (χ0) is 15.1. The Morgan fingerprint density at radius 1 is 0.905 bits per heavy atom. The predicted octanol–water partition coefficient (Wildman–Crippen LogP) is 3.83. The van der Waals surface area contributed by atoms with Crippen molar-refractivity contribution in [1.29, 1.82) is 0 Å². The van der Waals surface area contributed by atoms with Crippen LogP contribution >= 0.6 is 12.0 Å². The van der Waals surface area contributed by atoms with E-state index in [-0.39, 0.29) is 0 Å². The predicted molar refractivity (Wildman–Crippen MR) is 89.1 cm³/mol. The average molecular weight is 305 g/mol. The number of hydrazine groups is 1. The number of nitrogens with one attached hydrogen (secondary N) is 3. The Bertz CT molecular complexity index is 576. The molecule has 0 saturated heterocycles. The molecule has 3 N–H and O–H groups in total. The molecule has 0 bridgehead atoms. The SMILES string of the molecule is CNc1ccc(NNc2ccc(SOC)cc2)cc1OC. The fraction of sp³-hybridized carbons (Fsp3) is 0.200. The van der Waals surface area contributed by atoms with Crippen LogP contribution in [0.3, 0.4) is 0 Å². The molecule has 0 spiro atoms. The number of hydrogen-bond acceptors (Lipinski definition) is 6. The maximum atomic E-state index is 5.32. The van der Waals surface area contributed by atoms with Gasteiger partial charge in [0.25, 0.3) is 0 Å². The minimum absolute atomic E-state index is 0.788. The molecule has 0 aromatic heterocycles. The van der Waals surface area contributed by atoms with Gasteiger partial charge in [-0.1, -0.05) is 0 Å². The van der Waals surface area contributed by atoms with Gasteiger partial charge in [0.15, 0.2) is 0 Å². The molecule has 2 rings (SSSR count). The second-order valence-corrected chi connectivity index (χ2v) is 5.16. The molecular weight excluding hydrogens is 286 g/mol. The third-order valence-corrected chi connectivity index (χ3v) is 3.49. The number of anilines is 3. The van der Waals surface area contributed by atoms with Gasteiger partial charge in [-0.3, -0.25) is 0 Å². The Morgan fingerprint density at radius 2 is 1.57 bits per heavy atom. The van der Waals surface area contributed by atoms with Crippen LogP contribution in [-0.2, 0) is 4.18 Å². The van der Waals surface area contributed by atoms with Gasteiger partial charge >= 0.3 is 0 Å². The quantitative estimate of drug-likeness (QED) is 0.534. The topological polar surface area (TPSA) is 54.5 Å². The molecule has 0 saturated carbocycles. The summed E-state index contributed by atoms with van der Waals surface area (Å²) in [5, 5.41) is 3.08. The largest absolute Gasteiger partial charge is 0.495 e. The van der Waals surface area contributed by atoms with Crippen LogP contribution < -0.4 is 20.9 Å². The van der Waals surface area contributed by atoms with E-state index in [0.717, 1.165) is 27.7 Å². The third-order valence-electron chi connectivity index (χ3n) is 2.86. The minimum atomic E-state index is 0.788. The molecule has 0 aliphatic heterocycles. The summed E-state index contributed by atoms with van der Waals surface area (Å²) in [7, 11) is 5.17. The summed E-state index contributed by atoms with van der Waals surface area (Å²) in [4.78, 5) is 1.06. The van der Waals surface area contributed by atoms with Crippen molar-refractivity contribution in [3.05, 3.63) is 42.5 Å². The minimum Gasteiger partial charge on any atom is -0.495 e. The second-order valence-electron chi connectivity index (χ2n) is 4.19. The van der Waals surface area contributed by atoms with Crippen LogP contribution in [0.5, 0.6) is 5.75 Å². The Labute approximate surface area is 129 Å². The van der Waals surface area contributed by atoms with E-state index >= 15 is 0 Å². The Hall–Kier alpha value is -2.05. The first-order valence-corrected chi connectivity index (χ1v) is 7.19. The van der Waals surface area contributed by atoms with Gasteiger partial charge in [-0.15, -0.1) is 0 Å². The van der Waals surface area contributed by atoms with Crippen molar-refractivity contribution in [3.63, 3.8) is 0 Å². The first-order valence-electron chi connectivity index (χ1n) is 6.45. The molecule has 2 aromatic rings. The summed E-state index contributed by atoms with van der Waals surface area (Å²) in [6, 6.07) is 13.8. The van der Waals surface area contributed by atoms with Crippen LogP contribution in [0.15, 0.2) is 47.4 Å². The van der Waals surface area contributed by atoms with E-state index in [4.69, 9.17) is 8.92 Å². The van der Waals surface area contributed by atoms with Crippen LogP contribution in [0.25, 0.3) is 0 Å². The Kier molecular flexibility index (Phi) is 5.59. The van der Waals surface area contributed by atoms with E-state index in [1.807, 2.05) is 49.5 Å². The maximum absolute atomic E-state index is 5.32. The van der Waals surface area contributed by atoms with Crippen LogP contribution in [0.4, 0.5) is 17.1 Å². The lowest BCUT2D eigenvalue weighted by atomic mass is 10.2. The lowest BCUT2D eigenvalue weighted by Crippen LogP contribution is -2.08. The second kappa shape index (κ2) is 7.66. The van der Waals surface area contributed by atoms with Gasteiger partial charge in [0.1, 0.15) is 5.75 Å². The highest BCUT2D eigenvalue weighted by molar-refractivity contribution is 7.94. The van der Waals surface area contributed by atoms with E-state index in [2.05, 4.69) is 16.2 Å². The van der Waals surface area contributed by atoms with Crippen LogP contribution in [0, 0.1) is 0 Å². The van der Waals surface area contributed by atoms with E-state index < -0.39 is 0 Å². The summed E-state index contributed by atoms with van der Waals surface area (Å²) in [6.07, 6.45) is 0. The van der Waals surface area contributed by atoms with Crippen molar-refractivity contribution in [2.24, 2.45) is 0 Å². The summed E-state index contributed by atoms with van der Waals surface area (Å²) in [6.45, 7) is 0. The molecule has 0 heterocycles. The molecule has 0 atom stereocenters. The van der Waals surface area contributed by atoms with Gasteiger partial charge in [-0.2, -0.15) is 0 Å². The van der Waals surface area contributed by atoms with Gasteiger partial charge in [-0.25, -0.2) is 0 Å². The van der Waals surface area contributed by atoms with Gasteiger partial charge in [0.2, 0.25) is 0 Å². The standard InChI is InChI=1S/C15H19N3O2S/c1-16-14-9-6-12(10-15(14)19-2)18-17-11-4-7-13(8-5-11)21-20-3/h4-10,16-18H,1-3H3. The lowest BCUT2D eigenvalue weighted by Gasteiger charge is -2.13. The van der Waals surface area contributed by atoms with E-state index in [0.29, 0.717) is 0 Å². The highest BCUT2D eigenvalue weighted by Crippen LogP contribution is 2.27. The normalized spacial score (nSPS) is 10.0. The van der Waals surface area contributed by atoms with Crippen LogP contribution in [-0.4, -0.2) is 21.3 Å². The number of benzene rings is 2. The summed E-state index contributed by atoms with van der Waals surface area (Å²) in [5.74, 6) is 0.788. The molecule has 0 fully saturated rings. The summed E-state index contributed by atoms with van der Waals surface area (Å²) in [5.41, 5.74) is 9.12. The lowest BCUT2D eigenvalue weighted by molar-refractivity contribution is 0.417. The summed E-state index contributed by atoms with van der Waals surface area (Å²) < 4.78 is 10.3. The third kappa shape index (κ3) is 4.21. The molecule has 21 heavy (non-hydrogen) atoms. The molecule has 5 nitrogen and oxygen atoms in total.